The molecule has 1 atom stereocenters. The van der Waals surface area contributed by atoms with Crippen LogP contribution in [-0.4, -0.2) is 25.7 Å². The van der Waals surface area contributed by atoms with E-state index in [1.165, 1.54) is 35.4 Å². The van der Waals surface area contributed by atoms with Crippen LogP contribution in [0.15, 0.2) is 53.8 Å². The van der Waals surface area contributed by atoms with Gasteiger partial charge in [0.1, 0.15) is 0 Å². The molecule has 0 aliphatic carbocycles. The van der Waals surface area contributed by atoms with Gasteiger partial charge in [-0.1, -0.05) is 12.1 Å². The first-order valence-corrected chi connectivity index (χ1v) is 7.48. The van der Waals surface area contributed by atoms with Crippen LogP contribution in [0.5, 0.6) is 0 Å². The average Bonchev–Trinajstić information content (AvgIpc) is 2.57. The summed E-state index contributed by atoms with van der Waals surface area (Å²) in [7, 11) is 0. The largest absolute Gasteiger partial charge is 0.416 e. The summed E-state index contributed by atoms with van der Waals surface area (Å²) in [5, 5.41) is 10.5. The molecule has 0 unspecified atom stereocenters. The van der Waals surface area contributed by atoms with E-state index in [0.717, 1.165) is 12.1 Å². The van der Waals surface area contributed by atoms with Gasteiger partial charge in [-0.3, -0.25) is 14.3 Å². The van der Waals surface area contributed by atoms with E-state index < -0.39 is 17.8 Å². The Morgan fingerprint density at radius 1 is 1.16 bits per heavy atom. The zero-order valence-corrected chi connectivity index (χ0v) is 12.9. The highest BCUT2D eigenvalue weighted by molar-refractivity contribution is 5.75. The van der Waals surface area contributed by atoms with Crippen molar-refractivity contribution in [1.82, 2.24) is 14.5 Å². The van der Waals surface area contributed by atoms with Crippen molar-refractivity contribution in [1.29, 1.82) is 0 Å². The van der Waals surface area contributed by atoms with E-state index in [1.807, 2.05) is 0 Å². The highest BCUT2D eigenvalue weighted by atomic mass is 19.4. The molecule has 1 aromatic carbocycles. The van der Waals surface area contributed by atoms with Crippen LogP contribution in [0, 0.1) is 0 Å². The van der Waals surface area contributed by atoms with Crippen LogP contribution < -0.4 is 5.56 Å². The molecule has 0 bridgehead atoms. The molecule has 5 nitrogen and oxygen atoms in total. The van der Waals surface area contributed by atoms with E-state index in [9.17, 15) is 23.1 Å². The lowest BCUT2D eigenvalue weighted by molar-refractivity contribution is -0.137. The summed E-state index contributed by atoms with van der Waals surface area (Å²) in [4.78, 5) is 20.3. The minimum Gasteiger partial charge on any atom is -0.391 e. The fourth-order valence-electron chi connectivity index (χ4n) is 2.53. The summed E-state index contributed by atoms with van der Waals surface area (Å²) < 4.78 is 38.9. The Bertz CT molecular complexity index is 936. The first-order chi connectivity index (χ1) is 11.8. The first kappa shape index (κ1) is 17.1. The SMILES string of the molecule is O=c1c2ccncc2ncn1C[C@@H](O)Cc1ccc(C(F)(F)F)cc1. The lowest BCUT2D eigenvalue weighted by Crippen LogP contribution is -2.28. The van der Waals surface area contributed by atoms with Gasteiger partial charge in [-0.25, -0.2) is 4.98 Å². The molecule has 0 saturated carbocycles. The Kier molecular flexibility index (Phi) is 4.54. The van der Waals surface area contributed by atoms with E-state index in [1.54, 1.807) is 6.07 Å². The highest BCUT2D eigenvalue weighted by Gasteiger charge is 2.29. The smallest absolute Gasteiger partial charge is 0.391 e. The topological polar surface area (TPSA) is 68.0 Å². The van der Waals surface area contributed by atoms with Crippen molar-refractivity contribution in [3.05, 3.63) is 70.5 Å². The van der Waals surface area contributed by atoms with Crippen LogP contribution >= 0.6 is 0 Å². The number of hydrogen-bond donors (Lipinski definition) is 1. The number of halogens is 3. The molecule has 0 aliphatic heterocycles. The van der Waals surface area contributed by atoms with Crippen LogP contribution in [0.3, 0.4) is 0 Å². The van der Waals surface area contributed by atoms with Crippen LogP contribution in [0.25, 0.3) is 10.9 Å². The predicted octanol–water partition coefficient (Wildman–Crippen LogP) is 2.41. The molecule has 0 saturated heterocycles. The Morgan fingerprint density at radius 3 is 2.56 bits per heavy atom. The molecule has 2 heterocycles. The number of pyridine rings is 1. The van der Waals surface area contributed by atoms with Crippen molar-refractivity contribution in [3.8, 4) is 0 Å². The third-order valence-electron chi connectivity index (χ3n) is 3.79. The Hall–Kier alpha value is -2.74. The van der Waals surface area contributed by atoms with Gasteiger partial charge in [-0.2, -0.15) is 13.2 Å². The van der Waals surface area contributed by atoms with Gasteiger partial charge in [0, 0.05) is 12.6 Å². The number of rotatable bonds is 4. The maximum Gasteiger partial charge on any atom is 0.416 e. The number of aromatic nitrogens is 3. The minimum atomic E-state index is -4.39. The van der Waals surface area contributed by atoms with Crippen molar-refractivity contribution in [2.75, 3.05) is 0 Å². The Labute approximate surface area is 140 Å². The summed E-state index contributed by atoms with van der Waals surface area (Å²) >= 11 is 0. The summed E-state index contributed by atoms with van der Waals surface area (Å²) in [5.41, 5.74) is -0.0411. The zero-order valence-electron chi connectivity index (χ0n) is 12.9. The number of nitrogens with zero attached hydrogens (tertiary/aromatic N) is 3. The number of benzene rings is 1. The second-order valence-corrected chi connectivity index (χ2v) is 5.65. The Balaban J connectivity index is 1.73. The molecule has 0 spiro atoms. The van der Waals surface area contributed by atoms with Gasteiger partial charge in [0.25, 0.3) is 5.56 Å². The zero-order chi connectivity index (χ0) is 18.0. The second kappa shape index (κ2) is 6.64. The summed E-state index contributed by atoms with van der Waals surface area (Å²) in [6.45, 7) is -0.00881. The van der Waals surface area contributed by atoms with Crippen molar-refractivity contribution in [2.24, 2.45) is 0 Å². The number of hydrogen-bond acceptors (Lipinski definition) is 4. The molecule has 2 aromatic heterocycles. The van der Waals surface area contributed by atoms with Gasteiger partial charge in [-0.05, 0) is 23.8 Å². The summed E-state index contributed by atoms with van der Waals surface area (Å²) in [5.74, 6) is 0. The van der Waals surface area contributed by atoms with Crippen molar-refractivity contribution in [2.45, 2.75) is 25.2 Å². The molecule has 3 rings (SSSR count). The highest BCUT2D eigenvalue weighted by Crippen LogP contribution is 2.29. The maximum atomic E-state index is 12.5. The molecule has 25 heavy (non-hydrogen) atoms. The van der Waals surface area contributed by atoms with E-state index in [0.29, 0.717) is 16.5 Å². The number of aliphatic hydroxyl groups excluding tert-OH is 1. The van der Waals surface area contributed by atoms with E-state index in [4.69, 9.17) is 0 Å². The monoisotopic (exact) mass is 349 g/mol. The molecule has 130 valence electrons. The number of fused-ring (bicyclic) bond motifs is 1. The molecule has 0 aliphatic rings. The standard InChI is InChI=1S/C17H14F3N3O2/c18-17(19,20)12-3-1-11(2-4-12)7-13(24)9-23-10-22-15-8-21-6-5-14(15)16(23)25/h1-6,8,10,13,24H,7,9H2/t13-/m0/s1. The molecule has 0 fully saturated rings. The molecule has 1 N–H and O–H groups in total. The fraction of sp³-hybridized carbons (Fsp3) is 0.235. The van der Waals surface area contributed by atoms with Gasteiger partial charge in [0.15, 0.2) is 0 Å². The average molecular weight is 349 g/mol. The van der Waals surface area contributed by atoms with Crippen molar-refractivity contribution >= 4 is 10.9 Å². The second-order valence-electron chi connectivity index (χ2n) is 5.65. The van der Waals surface area contributed by atoms with Gasteiger partial charge in [-0.15, -0.1) is 0 Å². The molecule has 3 aromatic rings. The first-order valence-electron chi connectivity index (χ1n) is 7.48. The normalized spacial score (nSPS) is 13.1. The van der Waals surface area contributed by atoms with Crippen LogP contribution in [-0.2, 0) is 19.1 Å². The van der Waals surface area contributed by atoms with Crippen LogP contribution in [0.1, 0.15) is 11.1 Å². The van der Waals surface area contributed by atoms with Gasteiger partial charge >= 0.3 is 6.18 Å². The van der Waals surface area contributed by atoms with E-state index >= 15 is 0 Å². The van der Waals surface area contributed by atoms with Crippen molar-refractivity contribution in [3.63, 3.8) is 0 Å². The third kappa shape index (κ3) is 3.85. The van der Waals surface area contributed by atoms with E-state index in [2.05, 4.69) is 9.97 Å². The van der Waals surface area contributed by atoms with Crippen LogP contribution in [0.2, 0.25) is 0 Å². The quantitative estimate of drug-likeness (QED) is 0.785. The minimum absolute atomic E-state index is 0.00881. The van der Waals surface area contributed by atoms with Gasteiger partial charge < -0.3 is 5.11 Å². The Morgan fingerprint density at radius 2 is 1.88 bits per heavy atom. The predicted molar refractivity (Wildman–Crippen MR) is 85.0 cm³/mol. The van der Waals surface area contributed by atoms with Gasteiger partial charge in [0.2, 0.25) is 0 Å². The maximum absolute atomic E-state index is 12.5. The number of alkyl halides is 3. The van der Waals surface area contributed by atoms with E-state index in [-0.39, 0.29) is 18.5 Å². The molecular weight excluding hydrogens is 335 g/mol. The van der Waals surface area contributed by atoms with Crippen molar-refractivity contribution < 1.29 is 18.3 Å². The third-order valence-corrected chi connectivity index (χ3v) is 3.79. The lowest BCUT2D eigenvalue weighted by Gasteiger charge is -2.13. The summed E-state index contributed by atoms with van der Waals surface area (Å²) in [6.07, 6.45) is -0.929. The lowest BCUT2D eigenvalue weighted by atomic mass is 10.1. The molecule has 8 heteroatoms. The molecular formula is C17H14F3N3O2. The molecule has 0 radical (unpaired) electrons. The number of aliphatic hydroxyl groups is 1. The van der Waals surface area contributed by atoms with Gasteiger partial charge in [0.05, 0.1) is 41.6 Å². The fourth-order valence-corrected chi connectivity index (χ4v) is 2.53. The van der Waals surface area contributed by atoms with Crippen LogP contribution in [0.4, 0.5) is 13.2 Å². The molecule has 0 amide bonds. The summed E-state index contributed by atoms with van der Waals surface area (Å²) in [6, 6.07) is 6.12.